The molecule has 2 aromatic rings. The monoisotopic (exact) mass is 504 g/mol. The molecule has 0 aliphatic rings. The van der Waals surface area contributed by atoms with Gasteiger partial charge in [-0.3, -0.25) is 0 Å². The Hall–Kier alpha value is -2.07. The van der Waals surface area contributed by atoms with E-state index in [0.29, 0.717) is 42.8 Å². The van der Waals surface area contributed by atoms with Crippen LogP contribution in [0.15, 0.2) is 36.4 Å². The van der Waals surface area contributed by atoms with Crippen molar-refractivity contribution in [3.63, 3.8) is 0 Å². The van der Waals surface area contributed by atoms with E-state index in [0.717, 1.165) is 42.3 Å². The first-order valence-corrected chi connectivity index (χ1v) is 13.5. The van der Waals surface area contributed by atoms with E-state index in [9.17, 15) is 0 Å². The van der Waals surface area contributed by atoms with Crippen LogP contribution in [0.25, 0.3) is 0 Å². The van der Waals surface area contributed by atoms with Gasteiger partial charge in [0.25, 0.3) is 0 Å². The Balaban J connectivity index is 1.95. The van der Waals surface area contributed by atoms with Crippen LogP contribution in [0.4, 0.5) is 0 Å². The van der Waals surface area contributed by atoms with Crippen LogP contribution >= 0.6 is 11.6 Å². The fourth-order valence-electron chi connectivity index (χ4n) is 4.27. The molecule has 0 saturated heterocycles. The lowest BCUT2D eigenvalue weighted by molar-refractivity contribution is 0.234. The number of hydrogen-bond donors (Lipinski definition) is 0. The molecular weight excluding hydrogens is 460 g/mol. The fraction of sp³-hybridized carbons (Fsp3) is 0.600. The van der Waals surface area contributed by atoms with Crippen molar-refractivity contribution < 1.29 is 18.9 Å². The summed E-state index contributed by atoms with van der Waals surface area (Å²) < 4.78 is 23.2. The fourth-order valence-corrected chi connectivity index (χ4v) is 4.74. The Morgan fingerprint density at radius 1 is 0.686 bits per heavy atom. The van der Waals surface area contributed by atoms with Crippen LogP contribution in [0.5, 0.6) is 23.0 Å². The van der Waals surface area contributed by atoms with Crippen molar-refractivity contribution in [1.29, 1.82) is 0 Å². The van der Waals surface area contributed by atoms with Crippen molar-refractivity contribution in [2.75, 3.05) is 33.3 Å². The molecule has 0 aromatic heterocycles. The second kappa shape index (κ2) is 15.1. The van der Waals surface area contributed by atoms with E-state index < -0.39 is 0 Å². The maximum absolute atomic E-state index is 6.18. The zero-order valence-electron chi connectivity index (χ0n) is 22.7. The van der Waals surface area contributed by atoms with Gasteiger partial charge in [-0.25, -0.2) is 0 Å². The normalized spacial score (nSPS) is 13.1. The third kappa shape index (κ3) is 9.14. The second-order valence-corrected chi connectivity index (χ2v) is 10.3. The summed E-state index contributed by atoms with van der Waals surface area (Å²) >= 11 is 6.18. The molecule has 0 radical (unpaired) electrons. The van der Waals surface area contributed by atoms with Crippen LogP contribution in [-0.2, 0) is 12.8 Å². The van der Waals surface area contributed by atoms with E-state index in [4.69, 9.17) is 30.5 Å². The minimum atomic E-state index is 0.435. The predicted octanol–water partition coefficient (Wildman–Crippen LogP) is 7.83. The highest BCUT2D eigenvalue weighted by Crippen LogP contribution is 2.32. The topological polar surface area (TPSA) is 36.9 Å². The number of alkyl halides is 1. The first kappa shape index (κ1) is 29.2. The van der Waals surface area contributed by atoms with Crippen LogP contribution in [-0.4, -0.2) is 33.3 Å². The Morgan fingerprint density at radius 3 is 1.51 bits per heavy atom. The van der Waals surface area contributed by atoms with E-state index >= 15 is 0 Å². The first-order valence-electron chi connectivity index (χ1n) is 13.0. The maximum Gasteiger partial charge on any atom is 0.161 e. The summed E-state index contributed by atoms with van der Waals surface area (Å²) in [6.45, 7) is 12.4. The number of methoxy groups -OCH3 is 2. The largest absolute Gasteiger partial charge is 0.493 e. The molecule has 2 atom stereocenters. The van der Waals surface area contributed by atoms with E-state index in [1.807, 2.05) is 12.1 Å². The molecule has 2 aromatic carbocycles. The molecule has 0 aliphatic carbocycles. The van der Waals surface area contributed by atoms with Gasteiger partial charge in [-0.2, -0.15) is 0 Å². The molecule has 0 fully saturated rings. The van der Waals surface area contributed by atoms with Gasteiger partial charge in [0.15, 0.2) is 23.0 Å². The molecule has 0 amide bonds. The number of hydrogen-bond acceptors (Lipinski definition) is 4. The molecular formula is C30H45ClO4. The number of benzene rings is 2. The van der Waals surface area contributed by atoms with Crippen LogP contribution in [0.2, 0.25) is 0 Å². The summed E-state index contributed by atoms with van der Waals surface area (Å²) in [7, 11) is 3.35. The lowest BCUT2D eigenvalue weighted by Gasteiger charge is -2.20. The van der Waals surface area contributed by atoms with Crippen molar-refractivity contribution in [1.82, 2.24) is 0 Å². The summed E-state index contributed by atoms with van der Waals surface area (Å²) in [5.41, 5.74) is 2.50. The molecule has 0 N–H and O–H groups in total. The third-order valence-corrected chi connectivity index (χ3v) is 7.26. The van der Waals surface area contributed by atoms with Gasteiger partial charge in [0.05, 0.1) is 27.4 Å². The Kier molecular flexibility index (Phi) is 12.6. The Morgan fingerprint density at radius 2 is 1.14 bits per heavy atom. The second-order valence-electron chi connectivity index (χ2n) is 10.00. The minimum Gasteiger partial charge on any atom is -0.493 e. The summed E-state index contributed by atoms with van der Waals surface area (Å²) in [6, 6.07) is 12.4. The molecule has 35 heavy (non-hydrogen) atoms. The van der Waals surface area contributed by atoms with Gasteiger partial charge in [-0.1, -0.05) is 53.2 Å². The maximum atomic E-state index is 6.18. The first-order chi connectivity index (χ1) is 16.8. The van der Waals surface area contributed by atoms with Gasteiger partial charge in [-0.05, 0) is 71.9 Å². The number of rotatable bonds is 16. The number of ether oxygens (including phenoxy) is 4. The van der Waals surface area contributed by atoms with E-state index in [2.05, 4.69) is 58.9 Å². The molecule has 0 saturated carbocycles. The molecule has 2 rings (SSSR count). The summed E-state index contributed by atoms with van der Waals surface area (Å²) in [6.07, 6.45) is 3.90. The standard InChI is InChI=1S/C30H45ClO4/c1-8-25(21(2)3)16-23-10-12-27(32-6)29(18-23)34-14-9-15-35-30-19-24(11-13-28(30)33-7)17-26(20-31)22(4)5/h10-13,18-19,21-22,25-26H,8-9,14-17,20H2,1-7H3. The predicted molar refractivity (Wildman–Crippen MR) is 147 cm³/mol. The van der Waals surface area contributed by atoms with Crippen LogP contribution in [0.1, 0.15) is 58.6 Å². The Labute approximate surface area is 218 Å². The molecule has 4 nitrogen and oxygen atoms in total. The zero-order valence-corrected chi connectivity index (χ0v) is 23.5. The third-order valence-electron chi connectivity index (χ3n) is 6.86. The molecule has 0 spiro atoms. The highest BCUT2D eigenvalue weighted by molar-refractivity contribution is 6.18. The van der Waals surface area contributed by atoms with Crippen LogP contribution in [0, 0.1) is 23.7 Å². The van der Waals surface area contributed by atoms with E-state index in [1.54, 1.807) is 14.2 Å². The van der Waals surface area contributed by atoms with Gasteiger partial charge in [-0.15, -0.1) is 11.6 Å². The highest BCUT2D eigenvalue weighted by Gasteiger charge is 2.16. The van der Waals surface area contributed by atoms with Crippen molar-refractivity contribution >= 4 is 11.6 Å². The van der Waals surface area contributed by atoms with Crippen molar-refractivity contribution in [2.24, 2.45) is 23.7 Å². The quantitative estimate of drug-likeness (QED) is 0.172. The van der Waals surface area contributed by atoms with Crippen molar-refractivity contribution in [2.45, 2.75) is 60.3 Å². The number of halogens is 1. The van der Waals surface area contributed by atoms with Crippen molar-refractivity contribution in [3.05, 3.63) is 47.5 Å². The summed E-state index contributed by atoms with van der Waals surface area (Å²) in [5.74, 6) is 6.01. The molecule has 0 bridgehead atoms. The van der Waals surface area contributed by atoms with E-state index in [1.165, 1.54) is 17.5 Å². The average molecular weight is 505 g/mol. The molecule has 5 heteroatoms. The van der Waals surface area contributed by atoms with E-state index in [-0.39, 0.29) is 0 Å². The van der Waals surface area contributed by atoms with Crippen molar-refractivity contribution in [3.8, 4) is 23.0 Å². The highest BCUT2D eigenvalue weighted by atomic mass is 35.5. The summed E-state index contributed by atoms with van der Waals surface area (Å²) in [5, 5.41) is 0. The smallest absolute Gasteiger partial charge is 0.161 e. The van der Waals surface area contributed by atoms with Gasteiger partial charge in [0.2, 0.25) is 0 Å². The van der Waals surface area contributed by atoms with Gasteiger partial charge in [0, 0.05) is 12.3 Å². The SMILES string of the molecule is CCC(Cc1ccc(OC)c(OCCCOc2cc(CC(CCl)C(C)C)ccc2OC)c1)C(C)C. The van der Waals surface area contributed by atoms with Gasteiger partial charge >= 0.3 is 0 Å². The lowest BCUT2D eigenvalue weighted by atomic mass is 9.87. The minimum absolute atomic E-state index is 0.435. The molecule has 0 aliphatic heterocycles. The van der Waals surface area contributed by atoms with Gasteiger partial charge < -0.3 is 18.9 Å². The van der Waals surface area contributed by atoms with Gasteiger partial charge in [0.1, 0.15) is 0 Å². The van der Waals surface area contributed by atoms with Crippen LogP contribution < -0.4 is 18.9 Å². The molecule has 0 heterocycles. The summed E-state index contributed by atoms with van der Waals surface area (Å²) in [4.78, 5) is 0. The molecule has 196 valence electrons. The lowest BCUT2D eigenvalue weighted by Crippen LogP contribution is -2.14. The Bertz CT molecular complexity index is 809. The average Bonchev–Trinajstić information content (AvgIpc) is 2.85. The molecule has 2 unspecified atom stereocenters. The van der Waals surface area contributed by atoms with Crippen LogP contribution in [0.3, 0.4) is 0 Å². The zero-order chi connectivity index (χ0) is 25.8.